The predicted octanol–water partition coefficient (Wildman–Crippen LogP) is 5.05. The van der Waals surface area contributed by atoms with Gasteiger partial charge in [-0.1, -0.05) is 29.8 Å². The maximum atomic E-state index is 14.0. The van der Waals surface area contributed by atoms with E-state index in [1.807, 2.05) is 55.3 Å². The van der Waals surface area contributed by atoms with E-state index in [2.05, 4.69) is 17.3 Å². The van der Waals surface area contributed by atoms with Crippen molar-refractivity contribution in [2.45, 2.75) is 19.9 Å². The first kappa shape index (κ1) is 27.5. The molecule has 0 saturated carbocycles. The Hall–Kier alpha value is -4.08. The predicted molar refractivity (Wildman–Crippen MR) is 161 cm³/mol. The molecule has 3 aromatic carbocycles. The van der Waals surface area contributed by atoms with Gasteiger partial charge in [-0.25, -0.2) is 14.5 Å². The Labute approximate surface area is 238 Å². The molecule has 5 rings (SSSR count). The van der Waals surface area contributed by atoms with Crippen molar-refractivity contribution in [1.29, 1.82) is 0 Å². The molecule has 208 valence electrons. The number of nitrogens with one attached hydrogen (secondary N) is 1. The van der Waals surface area contributed by atoms with Crippen LogP contribution >= 0.6 is 11.6 Å². The molecule has 9 nitrogen and oxygen atoms in total. The van der Waals surface area contributed by atoms with E-state index in [0.29, 0.717) is 52.0 Å². The molecule has 2 amide bonds. The molecule has 40 heavy (non-hydrogen) atoms. The van der Waals surface area contributed by atoms with Crippen LogP contribution in [0, 0.1) is 6.92 Å². The van der Waals surface area contributed by atoms with E-state index in [-0.39, 0.29) is 11.6 Å². The summed E-state index contributed by atoms with van der Waals surface area (Å²) >= 11 is 6.20. The van der Waals surface area contributed by atoms with Gasteiger partial charge in [-0.3, -0.25) is 9.69 Å². The number of likely N-dealkylation sites (N-methyl/N-ethyl adjacent to an activating group) is 1. The molecule has 0 bridgehead atoms. The number of para-hydroxylation sites is 1. The average molecular weight is 561 g/mol. The first-order valence-electron chi connectivity index (χ1n) is 13.2. The monoisotopic (exact) mass is 560 g/mol. The number of carbonyl (C=O) groups excluding carboxylic acids is 1. The number of halogens is 1. The van der Waals surface area contributed by atoms with Crippen LogP contribution in [0.2, 0.25) is 5.02 Å². The number of fused-ring (bicyclic) bond motifs is 1. The number of amides is 2. The number of benzene rings is 3. The lowest BCUT2D eigenvalue weighted by molar-refractivity contribution is 0.254. The maximum Gasteiger partial charge on any atom is 0.327 e. The summed E-state index contributed by atoms with van der Waals surface area (Å²) in [6.45, 7) is 6.75. The van der Waals surface area contributed by atoms with Crippen molar-refractivity contribution in [2.24, 2.45) is 0 Å². The van der Waals surface area contributed by atoms with Crippen molar-refractivity contribution >= 4 is 39.9 Å². The Morgan fingerprint density at radius 1 is 1.05 bits per heavy atom. The van der Waals surface area contributed by atoms with Gasteiger partial charge in [-0.05, 0) is 75.0 Å². The second-order valence-corrected chi connectivity index (χ2v) is 10.4. The van der Waals surface area contributed by atoms with Crippen LogP contribution in [-0.4, -0.2) is 60.9 Å². The van der Waals surface area contributed by atoms with Crippen LogP contribution in [0.5, 0.6) is 5.75 Å². The van der Waals surface area contributed by atoms with Crippen LogP contribution in [0.25, 0.3) is 10.9 Å². The SMILES string of the molecule is COc1ccc(N(C(=O)Nc2cccc(Cl)c2)C(C)c2nc3ccccc3c(=O)n2N2CCN(C)CC2)c(C)c1. The minimum atomic E-state index is -0.622. The van der Waals surface area contributed by atoms with Gasteiger partial charge in [-0.2, -0.15) is 0 Å². The molecule has 0 aliphatic carbocycles. The molecule has 4 aromatic rings. The molecular weight excluding hydrogens is 528 g/mol. The van der Waals surface area contributed by atoms with Gasteiger partial charge in [0.2, 0.25) is 0 Å². The highest BCUT2D eigenvalue weighted by Gasteiger charge is 2.31. The standard InChI is InChI=1S/C30H33ClN6O3/c1-20-18-24(40-4)12-13-27(20)36(30(39)32-23-9-7-8-22(31)19-23)21(2)28-33-26-11-6-5-10-25(26)29(38)37(28)35-16-14-34(3)15-17-35/h5-13,18-19,21H,14-17H2,1-4H3,(H,32,39). The third-order valence-electron chi connectivity index (χ3n) is 7.26. The van der Waals surface area contributed by atoms with Crippen LogP contribution in [0.4, 0.5) is 16.2 Å². The number of aromatic nitrogens is 2. The van der Waals surface area contributed by atoms with Gasteiger partial charge in [0.05, 0.1) is 24.1 Å². The fourth-order valence-corrected chi connectivity index (χ4v) is 5.26. The number of methoxy groups -OCH3 is 1. The van der Waals surface area contributed by atoms with Gasteiger partial charge in [0, 0.05) is 42.6 Å². The van der Waals surface area contributed by atoms with Gasteiger partial charge >= 0.3 is 6.03 Å². The Morgan fingerprint density at radius 2 is 1.80 bits per heavy atom. The number of urea groups is 1. The summed E-state index contributed by atoms with van der Waals surface area (Å²) < 4.78 is 7.08. The van der Waals surface area contributed by atoms with Crippen molar-refractivity contribution in [2.75, 3.05) is 55.6 Å². The second kappa shape index (κ2) is 11.6. The van der Waals surface area contributed by atoms with Crippen LogP contribution in [0.3, 0.4) is 0 Å². The number of ether oxygens (including phenoxy) is 1. The van der Waals surface area contributed by atoms with E-state index >= 15 is 0 Å². The third-order valence-corrected chi connectivity index (χ3v) is 7.50. The van der Waals surface area contributed by atoms with Gasteiger partial charge in [-0.15, -0.1) is 0 Å². The number of nitrogens with zero attached hydrogens (tertiary/aromatic N) is 5. The molecule has 1 N–H and O–H groups in total. The quantitative estimate of drug-likeness (QED) is 0.355. The highest BCUT2D eigenvalue weighted by atomic mass is 35.5. The number of carbonyl (C=O) groups is 1. The van der Waals surface area contributed by atoms with Crippen molar-refractivity contribution in [3.8, 4) is 5.75 Å². The van der Waals surface area contributed by atoms with Crippen LogP contribution in [0.1, 0.15) is 24.4 Å². The first-order valence-corrected chi connectivity index (χ1v) is 13.6. The van der Waals surface area contributed by atoms with Crippen LogP contribution in [0.15, 0.2) is 71.5 Å². The molecule has 1 aliphatic rings. The summed E-state index contributed by atoms with van der Waals surface area (Å²) in [6.07, 6.45) is 0. The fourth-order valence-electron chi connectivity index (χ4n) is 5.07. The highest BCUT2D eigenvalue weighted by molar-refractivity contribution is 6.30. The number of aryl methyl sites for hydroxylation is 1. The topological polar surface area (TPSA) is 82.9 Å². The molecule has 1 unspecified atom stereocenters. The molecule has 1 aliphatic heterocycles. The van der Waals surface area contributed by atoms with E-state index in [4.69, 9.17) is 21.3 Å². The minimum Gasteiger partial charge on any atom is -0.497 e. The lowest BCUT2D eigenvalue weighted by Gasteiger charge is -2.38. The molecule has 2 heterocycles. The highest BCUT2D eigenvalue weighted by Crippen LogP contribution is 2.32. The van der Waals surface area contributed by atoms with E-state index in [9.17, 15) is 9.59 Å². The van der Waals surface area contributed by atoms with Gasteiger partial charge in [0.15, 0.2) is 5.82 Å². The zero-order valence-electron chi connectivity index (χ0n) is 23.1. The molecular formula is C30H33ClN6O3. The zero-order valence-corrected chi connectivity index (χ0v) is 23.9. The van der Waals surface area contributed by atoms with Crippen LogP contribution < -0.4 is 25.5 Å². The summed E-state index contributed by atoms with van der Waals surface area (Å²) in [4.78, 5) is 36.8. The normalized spacial score (nSPS) is 14.7. The van der Waals surface area contributed by atoms with Gasteiger partial charge in [0.25, 0.3) is 5.56 Å². The average Bonchev–Trinajstić information content (AvgIpc) is 2.94. The first-order chi connectivity index (χ1) is 19.3. The lowest BCUT2D eigenvalue weighted by Crippen LogP contribution is -2.55. The summed E-state index contributed by atoms with van der Waals surface area (Å²) in [5.74, 6) is 1.16. The second-order valence-electron chi connectivity index (χ2n) is 10.00. The molecule has 1 saturated heterocycles. The van der Waals surface area contributed by atoms with Crippen molar-refractivity contribution in [3.05, 3.63) is 93.5 Å². The van der Waals surface area contributed by atoms with E-state index in [1.165, 1.54) is 0 Å². The third kappa shape index (κ3) is 5.48. The summed E-state index contributed by atoms with van der Waals surface area (Å²) in [7, 11) is 3.67. The van der Waals surface area contributed by atoms with Crippen LogP contribution in [-0.2, 0) is 0 Å². The summed E-state index contributed by atoms with van der Waals surface area (Å²) in [5.41, 5.74) is 2.49. The Morgan fingerprint density at radius 3 is 2.50 bits per heavy atom. The Bertz CT molecular complexity index is 1600. The van der Waals surface area contributed by atoms with Crippen molar-refractivity contribution < 1.29 is 9.53 Å². The maximum absolute atomic E-state index is 14.0. The summed E-state index contributed by atoms with van der Waals surface area (Å²) in [5, 5.41) is 6.06. The summed E-state index contributed by atoms with van der Waals surface area (Å²) in [6, 6.07) is 18.9. The Balaban J connectivity index is 1.66. The molecule has 1 aromatic heterocycles. The van der Waals surface area contributed by atoms with Crippen molar-refractivity contribution in [1.82, 2.24) is 14.6 Å². The molecule has 1 atom stereocenters. The molecule has 10 heteroatoms. The Kier molecular flexibility index (Phi) is 7.95. The number of anilines is 2. The molecule has 0 spiro atoms. The fraction of sp³-hybridized carbons (Fsp3) is 0.300. The lowest BCUT2D eigenvalue weighted by atomic mass is 10.1. The number of rotatable bonds is 6. The molecule has 0 radical (unpaired) electrons. The molecule has 1 fully saturated rings. The van der Waals surface area contributed by atoms with E-state index in [1.54, 1.807) is 47.0 Å². The van der Waals surface area contributed by atoms with Crippen molar-refractivity contribution in [3.63, 3.8) is 0 Å². The number of hydrogen-bond donors (Lipinski definition) is 1. The largest absolute Gasteiger partial charge is 0.497 e. The van der Waals surface area contributed by atoms with E-state index in [0.717, 1.165) is 18.7 Å². The number of piperazine rings is 1. The number of hydrogen-bond acceptors (Lipinski definition) is 6. The van der Waals surface area contributed by atoms with E-state index < -0.39 is 6.04 Å². The smallest absolute Gasteiger partial charge is 0.327 e. The zero-order chi connectivity index (χ0) is 28.4. The van der Waals surface area contributed by atoms with Gasteiger partial charge in [0.1, 0.15) is 5.75 Å². The van der Waals surface area contributed by atoms with Gasteiger partial charge < -0.3 is 20.0 Å². The minimum absolute atomic E-state index is 0.154.